The third-order valence-corrected chi connectivity index (χ3v) is 3.76. The van der Waals surface area contributed by atoms with Crippen molar-refractivity contribution >= 4 is 5.78 Å². The fourth-order valence-electron chi connectivity index (χ4n) is 2.56. The minimum Gasteiger partial charge on any atom is -0.471 e. The van der Waals surface area contributed by atoms with Crippen LogP contribution in [0.25, 0.3) is 17.0 Å². The summed E-state index contributed by atoms with van der Waals surface area (Å²) in [5, 5.41) is 4.46. The van der Waals surface area contributed by atoms with Crippen LogP contribution in [-0.4, -0.2) is 24.6 Å². The summed E-state index contributed by atoms with van der Waals surface area (Å²) in [6, 6.07) is 8.81. The van der Waals surface area contributed by atoms with E-state index in [2.05, 4.69) is 20.1 Å². The van der Waals surface area contributed by atoms with Gasteiger partial charge in [-0.2, -0.15) is 14.5 Å². The molecule has 26 heavy (non-hydrogen) atoms. The number of fused-ring (bicyclic) bond motifs is 1. The Morgan fingerprint density at radius 2 is 2.00 bits per heavy atom. The molecule has 0 fully saturated rings. The van der Waals surface area contributed by atoms with Gasteiger partial charge in [-0.25, -0.2) is 18.9 Å². The topological polar surface area (TPSA) is 65.2 Å². The highest BCUT2D eigenvalue weighted by Gasteiger charge is 2.10. The molecule has 0 radical (unpaired) electrons. The molecule has 0 saturated heterocycles. The average molecular weight is 353 g/mol. The van der Waals surface area contributed by atoms with E-state index in [0.717, 1.165) is 11.1 Å². The second-order valence-electron chi connectivity index (χ2n) is 5.67. The number of pyridine rings is 1. The second kappa shape index (κ2) is 6.47. The van der Waals surface area contributed by atoms with Gasteiger partial charge in [0.15, 0.2) is 0 Å². The summed E-state index contributed by atoms with van der Waals surface area (Å²) in [5.41, 5.74) is 2.73. The van der Waals surface area contributed by atoms with Crippen molar-refractivity contribution in [1.82, 2.24) is 24.6 Å². The fraction of sp³-hybridized carbons (Fsp3) is 0.111. The quantitative estimate of drug-likeness (QED) is 0.527. The monoisotopic (exact) mass is 353 g/mol. The van der Waals surface area contributed by atoms with Crippen LogP contribution in [-0.2, 0) is 6.61 Å². The SMILES string of the molecule is Cc1cc(F)ccc1-c1cnc2nc(COc3cccc(F)n3)cn2n1. The number of hydrogen-bond acceptors (Lipinski definition) is 5. The number of aromatic nitrogens is 5. The lowest BCUT2D eigenvalue weighted by Gasteiger charge is -2.04. The number of nitrogens with zero attached hydrogens (tertiary/aromatic N) is 5. The highest BCUT2D eigenvalue weighted by molar-refractivity contribution is 5.62. The van der Waals surface area contributed by atoms with E-state index in [0.29, 0.717) is 17.2 Å². The van der Waals surface area contributed by atoms with E-state index in [1.54, 1.807) is 24.5 Å². The number of ether oxygens (including phenoxy) is 1. The van der Waals surface area contributed by atoms with Crippen molar-refractivity contribution in [2.24, 2.45) is 0 Å². The molecule has 0 aliphatic carbocycles. The van der Waals surface area contributed by atoms with Gasteiger partial charge in [-0.15, -0.1) is 0 Å². The van der Waals surface area contributed by atoms with E-state index >= 15 is 0 Å². The van der Waals surface area contributed by atoms with Gasteiger partial charge in [0.05, 0.1) is 12.4 Å². The van der Waals surface area contributed by atoms with E-state index in [9.17, 15) is 8.78 Å². The highest BCUT2D eigenvalue weighted by Crippen LogP contribution is 2.21. The number of imidazole rings is 1. The summed E-state index contributed by atoms with van der Waals surface area (Å²) in [6.07, 6.45) is 3.26. The van der Waals surface area contributed by atoms with Crippen molar-refractivity contribution < 1.29 is 13.5 Å². The first-order valence-corrected chi connectivity index (χ1v) is 7.82. The molecule has 0 saturated carbocycles. The van der Waals surface area contributed by atoms with Crippen LogP contribution in [0.2, 0.25) is 0 Å². The highest BCUT2D eigenvalue weighted by atomic mass is 19.1. The van der Waals surface area contributed by atoms with Gasteiger partial charge in [-0.3, -0.25) is 0 Å². The Hall–Kier alpha value is -3.42. The molecule has 0 amide bonds. The summed E-state index contributed by atoms with van der Waals surface area (Å²) in [4.78, 5) is 12.2. The van der Waals surface area contributed by atoms with Crippen LogP contribution in [0.4, 0.5) is 8.78 Å². The predicted molar refractivity (Wildman–Crippen MR) is 89.4 cm³/mol. The Kier molecular flexibility index (Phi) is 4.00. The standard InChI is InChI=1S/C18H13F2N5O/c1-11-7-12(19)5-6-14(11)15-8-21-18-22-13(9-25(18)24-15)10-26-17-4-2-3-16(20)23-17/h2-9H,10H2,1H3. The van der Waals surface area contributed by atoms with Crippen LogP contribution in [0, 0.1) is 18.7 Å². The summed E-state index contributed by atoms with van der Waals surface area (Å²) in [6.45, 7) is 1.91. The van der Waals surface area contributed by atoms with Gasteiger partial charge >= 0.3 is 0 Å². The summed E-state index contributed by atoms with van der Waals surface area (Å²) in [7, 11) is 0. The Bertz CT molecular complexity index is 1100. The Labute approximate surface area is 147 Å². The lowest BCUT2D eigenvalue weighted by molar-refractivity contribution is 0.285. The molecule has 1 aromatic carbocycles. The van der Waals surface area contributed by atoms with E-state index < -0.39 is 5.95 Å². The maximum atomic E-state index is 13.3. The molecule has 3 heterocycles. The molecule has 0 unspecified atom stereocenters. The van der Waals surface area contributed by atoms with Gasteiger partial charge in [-0.1, -0.05) is 6.07 Å². The van der Waals surface area contributed by atoms with Crippen molar-refractivity contribution in [3.8, 4) is 17.1 Å². The molecule has 0 bridgehead atoms. The molecule has 0 aliphatic rings. The summed E-state index contributed by atoms with van der Waals surface area (Å²) < 4.78 is 33.3. The molecule has 0 spiro atoms. The van der Waals surface area contributed by atoms with Gasteiger partial charge in [0, 0.05) is 11.6 Å². The minimum atomic E-state index is -0.611. The van der Waals surface area contributed by atoms with Crippen LogP contribution < -0.4 is 4.74 Å². The van der Waals surface area contributed by atoms with Crippen molar-refractivity contribution in [3.63, 3.8) is 0 Å². The van der Waals surface area contributed by atoms with Gasteiger partial charge < -0.3 is 4.74 Å². The van der Waals surface area contributed by atoms with Gasteiger partial charge in [0.1, 0.15) is 23.8 Å². The molecular weight excluding hydrogens is 340 g/mol. The second-order valence-corrected chi connectivity index (χ2v) is 5.67. The molecule has 4 aromatic rings. The first-order valence-electron chi connectivity index (χ1n) is 7.82. The average Bonchev–Trinajstić information content (AvgIpc) is 3.02. The zero-order valence-electron chi connectivity index (χ0n) is 13.7. The van der Waals surface area contributed by atoms with Crippen molar-refractivity contribution in [2.75, 3.05) is 0 Å². The molecule has 0 aliphatic heterocycles. The molecular formula is C18H13F2N5O. The molecule has 0 atom stereocenters. The Morgan fingerprint density at radius 1 is 1.12 bits per heavy atom. The molecule has 4 rings (SSSR count). The number of halogens is 2. The smallest absolute Gasteiger partial charge is 0.251 e. The number of rotatable bonds is 4. The molecule has 3 aromatic heterocycles. The van der Waals surface area contributed by atoms with Gasteiger partial charge in [-0.05, 0) is 36.8 Å². The van der Waals surface area contributed by atoms with Crippen LogP contribution in [0.1, 0.15) is 11.3 Å². The number of hydrogen-bond donors (Lipinski definition) is 0. The zero-order chi connectivity index (χ0) is 18.1. The number of benzene rings is 1. The third kappa shape index (κ3) is 3.21. The van der Waals surface area contributed by atoms with Crippen molar-refractivity contribution in [1.29, 1.82) is 0 Å². The number of aryl methyl sites for hydroxylation is 1. The Balaban J connectivity index is 1.59. The normalized spacial score (nSPS) is 11.0. The zero-order valence-corrected chi connectivity index (χ0v) is 13.7. The Morgan fingerprint density at radius 3 is 2.81 bits per heavy atom. The minimum absolute atomic E-state index is 0.104. The van der Waals surface area contributed by atoms with E-state index in [4.69, 9.17) is 4.74 Å². The molecule has 130 valence electrons. The van der Waals surface area contributed by atoms with Crippen molar-refractivity contribution in [3.05, 3.63) is 71.8 Å². The van der Waals surface area contributed by atoms with Crippen LogP contribution in [0.15, 0.2) is 48.8 Å². The van der Waals surface area contributed by atoms with Crippen LogP contribution >= 0.6 is 0 Å². The third-order valence-electron chi connectivity index (χ3n) is 3.76. The predicted octanol–water partition coefficient (Wildman–Crippen LogP) is 3.35. The first-order chi connectivity index (χ1) is 12.6. The molecule has 6 nitrogen and oxygen atoms in total. The van der Waals surface area contributed by atoms with E-state index in [1.165, 1.54) is 28.8 Å². The molecule has 0 N–H and O–H groups in total. The van der Waals surface area contributed by atoms with Crippen LogP contribution in [0.3, 0.4) is 0 Å². The maximum absolute atomic E-state index is 13.3. The van der Waals surface area contributed by atoms with Crippen molar-refractivity contribution in [2.45, 2.75) is 13.5 Å². The fourth-order valence-corrected chi connectivity index (χ4v) is 2.56. The van der Waals surface area contributed by atoms with Gasteiger partial charge in [0.2, 0.25) is 11.8 Å². The maximum Gasteiger partial charge on any atom is 0.251 e. The molecule has 8 heteroatoms. The lowest BCUT2D eigenvalue weighted by atomic mass is 10.1. The van der Waals surface area contributed by atoms with E-state index in [1.807, 2.05) is 6.92 Å². The summed E-state index contributed by atoms with van der Waals surface area (Å²) >= 11 is 0. The van der Waals surface area contributed by atoms with Crippen LogP contribution in [0.5, 0.6) is 5.88 Å². The first kappa shape index (κ1) is 16.1. The largest absolute Gasteiger partial charge is 0.471 e. The van der Waals surface area contributed by atoms with Gasteiger partial charge in [0.25, 0.3) is 5.78 Å². The summed E-state index contributed by atoms with van der Waals surface area (Å²) in [5.74, 6) is -0.335. The van der Waals surface area contributed by atoms with E-state index in [-0.39, 0.29) is 18.3 Å². The lowest BCUT2D eigenvalue weighted by Crippen LogP contribution is -1.98.